The molecule has 13 nitrogen and oxygen atoms in total. The molecule has 0 aliphatic rings. The first-order chi connectivity index (χ1) is 18.2. The fraction of sp³-hybridized carbons (Fsp3) is 0.250. The number of aryl methyl sites for hydroxylation is 2. The van der Waals surface area contributed by atoms with Crippen LogP contribution >= 0.6 is 11.6 Å². The maximum absolute atomic E-state index is 12.8. The maximum atomic E-state index is 12.8. The van der Waals surface area contributed by atoms with E-state index >= 15 is 0 Å². The van der Waals surface area contributed by atoms with Gasteiger partial charge in [-0.05, 0) is 26.0 Å². The molecule has 7 N–H and O–H groups in total. The SMILES string of the molecule is CCn1c(CNC(=O)c2nc(Cl)c(N)nc2N)[n+](CC)c2ccc(OCC(=O)Nc3cncc(O)c3)cc21. The number of aromatic hydroxyl groups is 1. The number of halogens is 1. The van der Waals surface area contributed by atoms with Gasteiger partial charge >= 0.3 is 0 Å². The minimum Gasteiger partial charge on any atom is -0.506 e. The largest absolute Gasteiger partial charge is 0.506 e. The Hall–Kier alpha value is -4.65. The molecule has 14 heteroatoms. The molecule has 4 aromatic rings. The average Bonchev–Trinajstić information content (AvgIpc) is 3.19. The molecule has 0 saturated heterocycles. The standard InChI is InChI=1S/C24H26ClN9O4/c1-3-33-16-6-5-15(38-12-18(36)30-13-7-14(35)10-28-9-13)8-17(16)34(4-2)19(33)11-29-24(37)20-22(26)32-23(27)21(25)31-20/h5-10H,3-4,11-12H2,1-2H3,(H6-,26,27,29,30,32,35,36,37)/p+1. The van der Waals surface area contributed by atoms with Crippen molar-refractivity contribution in [3.8, 4) is 11.5 Å². The number of pyridine rings is 1. The summed E-state index contributed by atoms with van der Waals surface area (Å²) in [6.07, 6.45) is 2.69. The molecule has 0 bridgehead atoms. The molecule has 0 atom stereocenters. The van der Waals surface area contributed by atoms with Gasteiger partial charge in [-0.2, -0.15) is 0 Å². The van der Waals surface area contributed by atoms with Crippen molar-refractivity contribution in [1.29, 1.82) is 0 Å². The maximum Gasteiger partial charge on any atom is 0.277 e. The van der Waals surface area contributed by atoms with Gasteiger partial charge in [0.1, 0.15) is 18.0 Å². The Bertz CT molecular complexity index is 1520. The summed E-state index contributed by atoms with van der Waals surface area (Å²) in [6.45, 7) is 5.17. The molecule has 38 heavy (non-hydrogen) atoms. The van der Waals surface area contributed by atoms with Crippen LogP contribution in [0.5, 0.6) is 11.5 Å². The Morgan fingerprint density at radius 3 is 2.66 bits per heavy atom. The first kappa shape index (κ1) is 26.4. The van der Waals surface area contributed by atoms with Crippen molar-refractivity contribution in [2.45, 2.75) is 33.5 Å². The third-order valence-corrected chi connectivity index (χ3v) is 5.97. The van der Waals surface area contributed by atoms with E-state index in [1.165, 1.54) is 18.5 Å². The predicted molar refractivity (Wildman–Crippen MR) is 141 cm³/mol. The first-order valence-electron chi connectivity index (χ1n) is 11.7. The molecule has 0 aliphatic carbocycles. The molecule has 2 amide bonds. The molecular formula is C24H27ClN9O4+. The van der Waals surface area contributed by atoms with E-state index in [4.69, 9.17) is 27.8 Å². The van der Waals surface area contributed by atoms with E-state index in [1.807, 2.05) is 30.5 Å². The van der Waals surface area contributed by atoms with Crippen LogP contribution in [0.15, 0.2) is 36.7 Å². The number of hydrogen-bond acceptors (Lipinski definition) is 9. The molecular weight excluding hydrogens is 514 g/mol. The van der Waals surface area contributed by atoms with Gasteiger partial charge in [0.15, 0.2) is 40.1 Å². The first-order valence-corrected chi connectivity index (χ1v) is 12.1. The number of ether oxygens (including phenoxy) is 1. The quantitative estimate of drug-likeness (QED) is 0.196. The van der Waals surface area contributed by atoms with Gasteiger partial charge in [0.2, 0.25) is 0 Å². The second-order valence-electron chi connectivity index (χ2n) is 8.14. The number of fused-ring (bicyclic) bond motifs is 1. The third kappa shape index (κ3) is 5.52. The Balaban J connectivity index is 1.52. The van der Waals surface area contributed by atoms with Gasteiger partial charge < -0.3 is 31.9 Å². The monoisotopic (exact) mass is 540 g/mol. The highest BCUT2D eigenvalue weighted by molar-refractivity contribution is 6.31. The summed E-state index contributed by atoms with van der Waals surface area (Å²) < 4.78 is 9.81. The lowest BCUT2D eigenvalue weighted by Gasteiger charge is -2.08. The summed E-state index contributed by atoms with van der Waals surface area (Å²) in [7, 11) is 0. The van der Waals surface area contributed by atoms with Crippen LogP contribution in [0.1, 0.15) is 30.2 Å². The Morgan fingerprint density at radius 2 is 1.95 bits per heavy atom. The minimum absolute atomic E-state index is 0.0532. The normalized spacial score (nSPS) is 10.9. The van der Waals surface area contributed by atoms with E-state index in [2.05, 4.69) is 30.2 Å². The molecule has 0 radical (unpaired) electrons. The van der Waals surface area contributed by atoms with Crippen LogP contribution in [0.3, 0.4) is 0 Å². The summed E-state index contributed by atoms with van der Waals surface area (Å²) >= 11 is 5.91. The van der Waals surface area contributed by atoms with E-state index in [9.17, 15) is 14.7 Å². The number of nitrogens with one attached hydrogen (secondary N) is 2. The van der Waals surface area contributed by atoms with Crippen LogP contribution in [0.4, 0.5) is 17.3 Å². The van der Waals surface area contributed by atoms with E-state index in [1.54, 1.807) is 6.07 Å². The van der Waals surface area contributed by atoms with Crippen molar-refractivity contribution < 1.29 is 24.0 Å². The summed E-state index contributed by atoms with van der Waals surface area (Å²) in [5.41, 5.74) is 13.4. The Labute approximate surface area is 222 Å². The summed E-state index contributed by atoms with van der Waals surface area (Å²) in [5.74, 6) is 0.159. The molecule has 198 valence electrons. The van der Waals surface area contributed by atoms with Crippen LogP contribution < -0.4 is 31.4 Å². The number of benzene rings is 1. The topological polar surface area (TPSA) is 187 Å². The minimum atomic E-state index is -0.538. The number of carbonyl (C=O) groups is 2. The van der Waals surface area contributed by atoms with Crippen LogP contribution in [-0.4, -0.2) is 43.0 Å². The van der Waals surface area contributed by atoms with Gasteiger partial charge in [-0.1, -0.05) is 11.6 Å². The molecule has 0 saturated carbocycles. The molecule has 3 aromatic heterocycles. The number of aromatic nitrogens is 5. The summed E-state index contributed by atoms with van der Waals surface area (Å²) in [4.78, 5) is 36.7. The molecule has 0 fully saturated rings. The number of nitrogens with zero attached hydrogens (tertiary/aromatic N) is 5. The van der Waals surface area contributed by atoms with Crippen molar-refractivity contribution >= 4 is 51.8 Å². The molecule has 1 aromatic carbocycles. The predicted octanol–water partition coefficient (Wildman–Crippen LogP) is 1.62. The lowest BCUT2D eigenvalue weighted by atomic mass is 10.3. The van der Waals surface area contributed by atoms with E-state index < -0.39 is 11.8 Å². The van der Waals surface area contributed by atoms with Crippen molar-refractivity contribution in [2.24, 2.45) is 0 Å². The highest BCUT2D eigenvalue weighted by atomic mass is 35.5. The highest BCUT2D eigenvalue weighted by Crippen LogP contribution is 2.22. The number of anilines is 3. The van der Waals surface area contributed by atoms with Crippen molar-refractivity contribution in [3.05, 3.63) is 53.3 Å². The fourth-order valence-corrected chi connectivity index (χ4v) is 4.18. The molecule has 0 spiro atoms. The highest BCUT2D eigenvalue weighted by Gasteiger charge is 2.25. The van der Waals surface area contributed by atoms with Gasteiger partial charge in [-0.3, -0.25) is 14.6 Å². The number of amides is 2. The van der Waals surface area contributed by atoms with Gasteiger partial charge in [-0.15, -0.1) is 0 Å². The second kappa shape index (κ2) is 11.2. The van der Waals surface area contributed by atoms with Crippen LogP contribution in [0.25, 0.3) is 11.0 Å². The van der Waals surface area contributed by atoms with Crippen LogP contribution in [0.2, 0.25) is 5.15 Å². The molecule has 0 unspecified atom stereocenters. The summed E-state index contributed by atoms with van der Waals surface area (Å²) in [6, 6.07) is 6.89. The zero-order valence-electron chi connectivity index (χ0n) is 20.7. The number of hydrogen-bond donors (Lipinski definition) is 5. The van der Waals surface area contributed by atoms with Gasteiger partial charge in [0.05, 0.1) is 31.2 Å². The lowest BCUT2D eigenvalue weighted by molar-refractivity contribution is -0.676. The van der Waals surface area contributed by atoms with Crippen molar-refractivity contribution in [3.63, 3.8) is 0 Å². The van der Waals surface area contributed by atoms with E-state index in [-0.39, 0.29) is 41.4 Å². The Kier molecular flexibility index (Phi) is 7.76. The van der Waals surface area contributed by atoms with Crippen molar-refractivity contribution in [2.75, 3.05) is 23.4 Å². The third-order valence-electron chi connectivity index (χ3n) is 5.69. The Morgan fingerprint density at radius 1 is 1.16 bits per heavy atom. The smallest absolute Gasteiger partial charge is 0.277 e. The van der Waals surface area contributed by atoms with Crippen molar-refractivity contribution in [1.82, 2.24) is 24.8 Å². The van der Waals surface area contributed by atoms with E-state index in [0.717, 1.165) is 16.9 Å². The number of nitrogens with two attached hydrogens (primary N) is 2. The van der Waals surface area contributed by atoms with Crippen LogP contribution in [-0.2, 0) is 24.4 Å². The summed E-state index contributed by atoms with van der Waals surface area (Å²) in [5, 5.41) is 14.8. The van der Waals surface area contributed by atoms with Crippen LogP contribution in [0, 0.1) is 0 Å². The average molecular weight is 541 g/mol. The lowest BCUT2D eigenvalue weighted by Crippen LogP contribution is -2.40. The zero-order chi connectivity index (χ0) is 27.4. The number of imidazole rings is 1. The fourth-order valence-electron chi connectivity index (χ4n) is 4.05. The zero-order valence-corrected chi connectivity index (χ0v) is 21.5. The number of nitrogen functional groups attached to an aromatic ring is 2. The van der Waals surface area contributed by atoms with E-state index in [0.29, 0.717) is 24.5 Å². The second-order valence-corrected chi connectivity index (χ2v) is 8.50. The van der Waals surface area contributed by atoms with Gasteiger partial charge in [0, 0.05) is 12.1 Å². The molecule has 0 aliphatic heterocycles. The number of rotatable bonds is 9. The molecule has 4 rings (SSSR count). The molecule has 3 heterocycles. The number of carbonyl (C=O) groups excluding carboxylic acids is 2. The van der Waals surface area contributed by atoms with Gasteiger partial charge in [0.25, 0.3) is 17.6 Å². The van der Waals surface area contributed by atoms with Gasteiger partial charge in [-0.25, -0.2) is 19.1 Å².